The van der Waals surface area contributed by atoms with Gasteiger partial charge >= 0.3 is 0 Å². The largest absolute Gasteiger partial charge is 0.483 e. The van der Waals surface area contributed by atoms with Gasteiger partial charge in [-0.05, 0) is 62.2 Å². The molecule has 18 atom stereocenters. The van der Waals surface area contributed by atoms with E-state index in [-0.39, 0.29) is 42.3 Å². The first-order valence-electron chi connectivity index (χ1n) is 19.9. The minimum absolute atomic E-state index is 0.0144. The molecular formula is C41H62O13. The molecule has 13 heteroatoms. The van der Waals surface area contributed by atoms with Gasteiger partial charge in [0, 0.05) is 35.2 Å². The maximum atomic E-state index is 14.9. The minimum atomic E-state index is -1.63. The molecule has 13 nitrogen and oxygen atoms in total. The summed E-state index contributed by atoms with van der Waals surface area (Å²) >= 11 is 0. The normalized spacial score (nSPS) is 53.0. The molecule has 0 aromatic carbocycles. The van der Waals surface area contributed by atoms with E-state index >= 15 is 0 Å². The Bertz CT molecular complexity index is 1570. The van der Waals surface area contributed by atoms with E-state index in [1.807, 2.05) is 13.8 Å². The van der Waals surface area contributed by atoms with Crippen molar-refractivity contribution in [2.24, 2.45) is 45.3 Å². The highest BCUT2D eigenvalue weighted by Gasteiger charge is 2.75. The summed E-state index contributed by atoms with van der Waals surface area (Å²) in [5, 5.41) is 64.6. The van der Waals surface area contributed by atoms with Crippen LogP contribution in [-0.2, 0) is 33.3 Å². The third-order valence-electron chi connectivity index (χ3n) is 15.7. The number of aliphatic hydroxyl groups is 6. The van der Waals surface area contributed by atoms with Crippen molar-refractivity contribution in [1.29, 1.82) is 0 Å². The zero-order valence-electron chi connectivity index (χ0n) is 33.1. The predicted molar refractivity (Wildman–Crippen MR) is 192 cm³/mol. The van der Waals surface area contributed by atoms with Gasteiger partial charge in [-0.2, -0.15) is 0 Å². The van der Waals surface area contributed by atoms with Crippen LogP contribution in [0.1, 0.15) is 94.4 Å². The Morgan fingerprint density at radius 2 is 1.52 bits per heavy atom. The molecule has 2 saturated heterocycles. The molecule has 3 saturated carbocycles. The fourth-order valence-electron chi connectivity index (χ4n) is 12.3. The van der Waals surface area contributed by atoms with E-state index in [0.717, 1.165) is 5.57 Å². The fraction of sp³-hybridized carbons (Fsp3) is 0.854. The average molecular weight is 763 g/mol. The molecule has 3 aliphatic heterocycles. The Labute approximate surface area is 318 Å². The molecule has 0 bridgehead atoms. The minimum Gasteiger partial charge on any atom is -0.483 e. The van der Waals surface area contributed by atoms with Gasteiger partial charge in [0.05, 0.1) is 24.9 Å². The lowest BCUT2D eigenvalue weighted by Crippen LogP contribution is -2.65. The Morgan fingerprint density at radius 3 is 2.17 bits per heavy atom. The van der Waals surface area contributed by atoms with Crippen LogP contribution in [0.3, 0.4) is 0 Å². The molecule has 0 radical (unpaired) electrons. The van der Waals surface area contributed by atoms with Gasteiger partial charge < -0.3 is 54.3 Å². The van der Waals surface area contributed by atoms with Gasteiger partial charge in [-0.15, -0.1) is 0 Å². The molecule has 0 aromatic heterocycles. The van der Waals surface area contributed by atoms with Crippen molar-refractivity contribution in [2.45, 2.75) is 168 Å². The highest BCUT2D eigenvalue weighted by atomic mass is 16.8. The summed E-state index contributed by atoms with van der Waals surface area (Å²) in [5.74, 6) is -0.149. The number of ether oxygens (including phenoxy) is 5. The Hall–Kier alpha value is -1.78. The number of Topliss-reactive ketones (excluding diaryl/α,β-unsaturated/α-hetero) is 1. The number of aliphatic hydroxyl groups excluding tert-OH is 6. The number of rotatable bonds is 6. The van der Waals surface area contributed by atoms with Crippen LogP contribution in [0.15, 0.2) is 23.5 Å². The maximum absolute atomic E-state index is 14.9. The summed E-state index contributed by atoms with van der Waals surface area (Å²) < 4.78 is 30.6. The average Bonchev–Trinajstić information content (AvgIpc) is 3.51. The Balaban J connectivity index is 1.14. The second-order valence-corrected chi connectivity index (χ2v) is 19.2. The number of hydrogen-bond acceptors (Lipinski definition) is 13. The van der Waals surface area contributed by atoms with Crippen molar-refractivity contribution in [3.8, 4) is 0 Å². The summed E-state index contributed by atoms with van der Waals surface area (Å²) in [6.07, 6.45) is -7.09. The van der Waals surface area contributed by atoms with Crippen molar-refractivity contribution in [3.63, 3.8) is 0 Å². The van der Waals surface area contributed by atoms with Crippen molar-refractivity contribution in [2.75, 3.05) is 6.61 Å². The van der Waals surface area contributed by atoms with E-state index < -0.39 is 101 Å². The van der Waals surface area contributed by atoms with Crippen LogP contribution in [0.25, 0.3) is 0 Å². The SMILES string of the molecule is CC(C)C1=CC(=O)[C@@](C)([C@H]2[C@H](O)C[C@@]3(C)[C@@H]4CC=C5[C@@H](CC[C@@H](O[C@@H]6OC[C@@H](O)[C@H](O)[C@H]6O[C@@H]6O[C@@H](C)[C@H](O)[C@@H](O)[C@H]6O)C5(C)C)[C@]4(C)C(=O)C[C@]23C)O1. The van der Waals surface area contributed by atoms with Crippen LogP contribution in [0.4, 0.5) is 0 Å². The second-order valence-electron chi connectivity index (χ2n) is 19.2. The summed E-state index contributed by atoms with van der Waals surface area (Å²) in [7, 11) is 0. The number of fused-ring (bicyclic) bond motifs is 5. The van der Waals surface area contributed by atoms with Gasteiger partial charge in [-0.1, -0.05) is 60.1 Å². The second kappa shape index (κ2) is 13.4. The molecule has 3 heterocycles. The molecule has 7 rings (SSSR count). The quantitative estimate of drug-likeness (QED) is 0.216. The maximum Gasteiger partial charge on any atom is 0.202 e. The fourth-order valence-corrected chi connectivity index (χ4v) is 12.3. The first-order chi connectivity index (χ1) is 25.0. The van der Waals surface area contributed by atoms with Gasteiger partial charge in [0.25, 0.3) is 0 Å². The monoisotopic (exact) mass is 762 g/mol. The molecule has 0 spiro atoms. The number of carbonyl (C=O) groups excluding carboxylic acids is 2. The van der Waals surface area contributed by atoms with Crippen LogP contribution in [0, 0.1) is 45.3 Å². The lowest BCUT2D eigenvalue weighted by atomic mass is 9.38. The van der Waals surface area contributed by atoms with Gasteiger partial charge in [-0.3, -0.25) is 9.59 Å². The van der Waals surface area contributed by atoms with Gasteiger partial charge in [0.1, 0.15) is 48.2 Å². The zero-order valence-corrected chi connectivity index (χ0v) is 33.1. The van der Waals surface area contributed by atoms with E-state index in [2.05, 4.69) is 40.7 Å². The summed E-state index contributed by atoms with van der Waals surface area (Å²) in [6.45, 7) is 17.6. The number of allylic oxidation sites excluding steroid dienone is 2. The highest BCUT2D eigenvalue weighted by Crippen LogP contribution is 2.74. The lowest BCUT2D eigenvalue weighted by Gasteiger charge is -2.65. The van der Waals surface area contributed by atoms with Crippen LogP contribution in [0.2, 0.25) is 0 Å². The zero-order chi connectivity index (χ0) is 39.7. The number of carbonyl (C=O) groups is 2. The number of ketones is 2. The Morgan fingerprint density at radius 1 is 0.833 bits per heavy atom. The summed E-state index contributed by atoms with van der Waals surface area (Å²) in [4.78, 5) is 28.5. The van der Waals surface area contributed by atoms with Crippen LogP contribution < -0.4 is 0 Å². The third-order valence-corrected chi connectivity index (χ3v) is 15.7. The summed E-state index contributed by atoms with van der Waals surface area (Å²) in [5.41, 5.74) is -2.67. The lowest BCUT2D eigenvalue weighted by molar-refractivity contribution is -0.360. The standard InChI is InChI=1S/C41H62O13/c1-18(2)24-14-26(44)41(9,54-24)34-22(42)15-38(6)25-12-10-20-21(40(25,8)27(45)16-39(34,38)7)11-13-28(37(20,4)5)52-36-33(30(47)23(43)17-50-36)53-35-32(49)31(48)29(46)19(3)51-35/h10,14,18-19,21-23,25,28-36,42-43,46-49H,11-13,15-17H2,1-9H3/t19-,21+,22+,23+,25-,28+,29-,30-,31+,32+,33+,34-,35-,36-,38-,39+,40-,41-/m0/s1. The van der Waals surface area contributed by atoms with E-state index in [9.17, 15) is 40.2 Å². The van der Waals surface area contributed by atoms with Crippen molar-refractivity contribution >= 4 is 11.6 Å². The third kappa shape index (κ3) is 5.61. The molecule has 0 aromatic rings. The van der Waals surface area contributed by atoms with Crippen LogP contribution in [-0.4, -0.2) is 122 Å². The molecule has 7 aliphatic rings. The molecule has 54 heavy (non-hydrogen) atoms. The molecule has 304 valence electrons. The van der Waals surface area contributed by atoms with Crippen molar-refractivity contribution in [3.05, 3.63) is 23.5 Å². The van der Waals surface area contributed by atoms with Gasteiger partial charge in [-0.25, -0.2) is 0 Å². The van der Waals surface area contributed by atoms with E-state index in [0.29, 0.717) is 31.4 Å². The molecule has 0 amide bonds. The smallest absolute Gasteiger partial charge is 0.202 e. The van der Waals surface area contributed by atoms with E-state index in [1.54, 1.807) is 13.0 Å². The molecule has 5 fully saturated rings. The predicted octanol–water partition coefficient (Wildman–Crippen LogP) is 2.32. The van der Waals surface area contributed by atoms with E-state index in [4.69, 9.17) is 23.7 Å². The molecule has 0 unspecified atom stereocenters. The van der Waals surface area contributed by atoms with Gasteiger partial charge in [0.2, 0.25) is 5.78 Å². The topological polar surface area (TPSA) is 202 Å². The van der Waals surface area contributed by atoms with Crippen molar-refractivity contribution < 1.29 is 63.9 Å². The van der Waals surface area contributed by atoms with Crippen LogP contribution >= 0.6 is 0 Å². The van der Waals surface area contributed by atoms with E-state index in [1.165, 1.54) is 6.92 Å². The summed E-state index contributed by atoms with van der Waals surface area (Å²) in [6, 6.07) is 0. The first-order valence-corrected chi connectivity index (χ1v) is 19.9. The van der Waals surface area contributed by atoms with Gasteiger partial charge in [0.15, 0.2) is 18.2 Å². The molecule has 4 aliphatic carbocycles. The highest BCUT2D eigenvalue weighted by molar-refractivity contribution is 6.00. The van der Waals surface area contributed by atoms with Crippen molar-refractivity contribution in [1.82, 2.24) is 0 Å². The Kier molecular flexibility index (Phi) is 10.0. The molecule has 6 N–H and O–H groups in total. The molecular weight excluding hydrogens is 700 g/mol. The first kappa shape index (κ1) is 40.4. The van der Waals surface area contributed by atoms with Crippen LogP contribution in [0.5, 0.6) is 0 Å². The number of hydrogen-bond donors (Lipinski definition) is 6.